The van der Waals surface area contributed by atoms with Gasteiger partial charge in [0, 0.05) is 24.8 Å². The number of hydrogen-bond donors (Lipinski definition) is 0. The summed E-state index contributed by atoms with van der Waals surface area (Å²) >= 11 is 0. The molecular weight excluding hydrogens is 266 g/mol. The zero-order valence-corrected chi connectivity index (χ0v) is 12.8. The Balaban J connectivity index is 2.27. The molecule has 0 aromatic heterocycles. The van der Waals surface area contributed by atoms with Crippen LogP contribution in [0.15, 0.2) is 23.4 Å². The van der Waals surface area contributed by atoms with Crippen LogP contribution in [-0.4, -0.2) is 17.5 Å². The van der Waals surface area contributed by atoms with Crippen LogP contribution in [0.1, 0.15) is 50.3 Å². The molecule has 1 aliphatic rings. The molecule has 2 rings (SSSR count). The van der Waals surface area contributed by atoms with Crippen molar-refractivity contribution in [2.45, 2.75) is 46.5 Å². The van der Waals surface area contributed by atoms with Gasteiger partial charge in [0.15, 0.2) is 0 Å². The van der Waals surface area contributed by atoms with Gasteiger partial charge in [-0.3, -0.25) is 4.79 Å². The summed E-state index contributed by atoms with van der Waals surface area (Å²) in [7, 11) is 0. The number of carbonyl (C=O) groups excluding carboxylic acids is 2. The predicted molar refractivity (Wildman–Crippen MR) is 81.2 cm³/mol. The molecule has 0 unspecified atom stereocenters. The zero-order valence-electron chi connectivity index (χ0n) is 12.8. The van der Waals surface area contributed by atoms with Crippen molar-refractivity contribution in [1.82, 2.24) is 0 Å². The Bertz CT molecular complexity index is 588. The molecule has 0 atom stereocenters. The van der Waals surface area contributed by atoms with E-state index in [0.717, 1.165) is 36.1 Å². The molecule has 0 radical (unpaired) electrons. The number of Topliss-reactive ketones (excluding diaryl/α,β-unsaturated/α-hetero) is 1. The number of rotatable bonds is 4. The van der Waals surface area contributed by atoms with Crippen LogP contribution in [0.3, 0.4) is 0 Å². The average molecular weight is 287 g/mol. The van der Waals surface area contributed by atoms with Gasteiger partial charge >= 0.3 is 5.97 Å². The van der Waals surface area contributed by atoms with Crippen molar-refractivity contribution in [3.8, 4) is 0 Å². The van der Waals surface area contributed by atoms with Gasteiger partial charge < -0.3 is 4.84 Å². The first-order chi connectivity index (χ1) is 9.97. The highest BCUT2D eigenvalue weighted by atomic mass is 16.7. The summed E-state index contributed by atoms with van der Waals surface area (Å²) in [5, 5.41) is 3.96. The largest absolute Gasteiger partial charge is 0.331 e. The van der Waals surface area contributed by atoms with Crippen molar-refractivity contribution >= 4 is 17.5 Å². The normalized spacial score (nSPS) is 15.9. The summed E-state index contributed by atoms with van der Waals surface area (Å²) < 4.78 is 0. The molecule has 1 aliphatic carbocycles. The summed E-state index contributed by atoms with van der Waals surface area (Å²) in [6.45, 7) is 5.16. The van der Waals surface area contributed by atoms with E-state index < -0.39 is 5.97 Å². The van der Waals surface area contributed by atoms with Crippen LogP contribution in [0.25, 0.3) is 0 Å². The summed E-state index contributed by atoms with van der Waals surface area (Å²) in [6, 6.07) is 6.08. The lowest BCUT2D eigenvalue weighted by Gasteiger charge is -2.18. The number of hydrogen-bond acceptors (Lipinski definition) is 4. The molecular formula is C17H21NO3. The SMILES string of the molecule is CC(=O)O/N=C1\CCCc2ccc(CC(=O)C(C)C)cc21. The van der Waals surface area contributed by atoms with E-state index in [4.69, 9.17) is 4.84 Å². The van der Waals surface area contributed by atoms with Gasteiger partial charge in [-0.25, -0.2) is 4.79 Å². The third kappa shape index (κ3) is 4.00. The van der Waals surface area contributed by atoms with E-state index in [2.05, 4.69) is 11.2 Å². The van der Waals surface area contributed by atoms with Gasteiger partial charge in [0.2, 0.25) is 0 Å². The standard InChI is InChI=1S/C17H21NO3/c1-11(2)17(20)10-13-7-8-14-5-4-6-16(15(14)9-13)18-21-12(3)19/h7-9,11H,4-6,10H2,1-3H3/b18-16+. The molecule has 112 valence electrons. The fraction of sp³-hybridized carbons (Fsp3) is 0.471. The van der Waals surface area contributed by atoms with Crippen LogP contribution in [0.5, 0.6) is 0 Å². The Hall–Kier alpha value is -1.97. The minimum Gasteiger partial charge on any atom is -0.318 e. The summed E-state index contributed by atoms with van der Waals surface area (Å²) in [4.78, 5) is 27.6. The number of fused-ring (bicyclic) bond motifs is 1. The average Bonchev–Trinajstić information content (AvgIpc) is 2.44. The summed E-state index contributed by atoms with van der Waals surface area (Å²) in [5.74, 6) is -0.153. The van der Waals surface area contributed by atoms with Crippen molar-refractivity contribution in [3.63, 3.8) is 0 Å². The molecule has 0 bridgehead atoms. The maximum absolute atomic E-state index is 11.9. The predicted octanol–water partition coefficient (Wildman–Crippen LogP) is 3.06. The van der Waals surface area contributed by atoms with Crippen LogP contribution >= 0.6 is 0 Å². The van der Waals surface area contributed by atoms with Crippen molar-refractivity contribution < 1.29 is 14.4 Å². The van der Waals surface area contributed by atoms with Gasteiger partial charge in [-0.05, 0) is 36.5 Å². The van der Waals surface area contributed by atoms with Crippen LogP contribution in [0, 0.1) is 5.92 Å². The van der Waals surface area contributed by atoms with Crippen molar-refractivity contribution in [2.24, 2.45) is 11.1 Å². The molecule has 1 aromatic rings. The van der Waals surface area contributed by atoms with Gasteiger partial charge in [0.05, 0.1) is 5.71 Å². The number of oxime groups is 1. The van der Waals surface area contributed by atoms with E-state index >= 15 is 0 Å². The van der Waals surface area contributed by atoms with E-state index in [1.54, 1.807) is 0 Å². The third-order valence-electron chi connectivity index (χ3n) is 3.65. The summed E-state index contributed by atoms with van der Waals surface area (Å²) in [5.41, 5.74) is 4.00. The molecule has 0 N–H and O–H groups in total. The van der Waals surface area contributed by atoms with Crippen molar-refractivity contribution in [1.29, 1.82) is 0 Å². The van der Waals surface area contributed by atoms with Crippen molar-refractivity contribution in [3.05, 3.63) is 34.9 Å². The molecule has 0 amide bonds. The van der Waals surface area contributed by atoms with E-state index in [1.807, 2.05) is 26.0 Å². The summed E-state index contributed by atoms with van der Waals surface area (Å²) in [6.07, 6.45) is 3.22. The second-order valence-electron chi connectivity index (χ2n) is 5.76. The topological polar surface area (TPSA) is 55.7 Å². The third-order valence-corrected chi connectivity index (χ3v) is 3.65. The van der Waals surface area contributed by atoms with Gasteiger partial charge in [0.1, 0.15) is 5.78 Å². The molecule has 0 aliphatic heterocycles. The first-order valence-electron chi connectivity index (χ1n) is 7.36. The lowest BCUT2D eigenvalue weighted by molar-refractivity contribution is -0.141. The molecule has 4 nitrogen and oxygen atoms in total. The Morgan fingerprint density at radius 1 is 1.29 bits per heavy atom. The second-order valence-corrected chi connectivity index (χ2v) is 5.76. The molecule has 0 fully saturated rings. The highest BCUT2D eigenvalue weighted by Gasteiger charge is 2.18. The number of aryl methyl sites for hydroxylation is 1. The Kier molecular flexibility index (Phi) is 4.89. The Labute approximate surface area is 125 Å². The maximum atomic E-state index is 11.9. The van der Waals surface area contributed by atoms with Gasteiger partial charge in [0.25, 0.3) is 0 Å². The van der Waals surface area contributed by atoms with E-state index in [-0.39, 0.29) is 11.7 Å². The second kappa shape index (κ2) is 6.66. The fourth-order valence-corrected chi connectivity index (χ4v) is 2.42. The molecule has 0 spiro atoms. The molecule has 0 heterocycles. The van der Waals surface area contributed by atoms with Crippen LogP contribution in [-0.2, 0) is 27.3 Å². The number of nitrogens with zero attached hydrogens (tertiary/aromatic N) is 1. The van der Waals surface area contributed by atoms with Crippen LogP contribution in [0.4, 0.5) is 0 Å². The number of carbonyl (C=O) groups is 2. The fourth-order valence-electron chi connectivity index (χ4n) is 2.42. The van der Waals surface area contributed by atoms with Crippen LogP contribution in [0.2, 0.25) is 0 Å². The first-order valence-corrected chi connectivity index (χ1v) is 7.36. The first kappa shape index (κ1) is 15.4. The van der Waals surface area contributed by atoms with Gasteiger partial charge in [-0.1, -0.05) is 31.1 Å². The molecule has 4 heteroatoms. The quantitative estimate of drug-likeness (QED) is 0.631. The smallest absolute Gasteiger partial charge is 0.318 e. The molecule has 0 saturated carbocycles. The van der Waals surface area contributed by atoms with Crippen LogP contribution < -0.4 is 0 Å². The lowest BCUT2D eigenvalue weighted by Crippen LogP contribution is -2.15. The van der Waals surface area contributed by atoms with Gasteiger partial charge in [-0.2, -0.15) is 0 Å². The lowest BCUT2D eigenvalue weighted by atomic mass is 9.87. The number of benzene rings is 1. The van der Waals surface area contributed by atoms with E-state index in [1.165, 1.54) is 12.5 Å². The minimum atomic E-state index is -0.416. The molecule has 1 aromatic carbocycles. The zero-order chi connectivity index (χ0) is 15.4. The molecule has 0 saturated heterocycles. The molecule has 21 heavy (non-hydrogen) atoms. The monoisotopic (exact) mass is 287 g/mol. The van der Waals surface area contributed by atoms with Crippen molar-refractivity contribution in [2.75, 3.05) is 0 Å². The Morgan fingerprint density at radius 2 is 2.05 bits per heavy atom. The van der Waals surface area contributed by atoms with Gasteiger partial charge in [-0.15, -0.1) is 0 Å². The minimum absolute atomic E-state index is 0.0372. The highest BCUT2D eigenvalue weighted by Crippen LogP contribution is 2.24. The maximum Gasteiger partial charge on any atom is 0.331 e. The Morgan fingerprint density at radius 3 is 2.71 bits per heavy atom. The van der Waals surface area contributed by atoms with E-state index in [0.29, 0.717) is 6.42 Å². The number of ketones is 1. The highest BCUT2D eigenvalue weighted by molar-refractivity contribution is 6.03. The van der Waals surface area contributed by atoms with E-state index in [9.17, 15) is 9.59 Å².